The highest BCUT2D eigenvalue weighted by molar-refractivity contribution is 5.78. The molecule has 114 valence electrons. The van der Waals surface area contributed by atoms with Gasteiger partial charge in [0.1, 0.15) is 11.6 Å². The van der Waals surface area contributed by atoms with Crippen molar-refractivity contribution >= 4 is 11.0 Å². The third-order valence-electron chi connectivity index (χ3n) is 4.88. The average Bonchev–Trinajstić information content (AvgIpc) is 2.88. The van der Waals surface area contributed by atoms with Gasteiger partial charge in [0.15, 0.2) is 0 Å². The molecule has 1 saturated carbocycles. The molecule has 0 unspecified atom stereocenters. The van der Waals surface area contributed by atoms with Gasteiger partial charge in [-0.2, -0.15) is 0 Å². The summed E-state index contributed by atoms with van der Waals surface area (Å²) in [4.78, 5) is 4.87. The van der Waals surface area contributed by atoms with Gasteiger partial charge >= 0.3 is 0 Å². The molecule has 0 atom stereocenters. The first kappa shape index (κ1) is 14.4. The Morgan fingerprint density at radius 3 is 2.71 bits per heavy atom. The van der Waals surface area contributed by atoms with E-state index in [0.717, 1.165) is 47.9 Å². The number of fused-ring (bicyclic) bond motifs is 1. The maximum atomic E-state index is 6.74. The number of methoxy groups -OCH3 is 1. The number of benzene rings is 1. The van der Waals surface area contributed by atoms with Gasteiger partial charge in [-0.3, -0.25) is 0 Å². The monoisotopic (exact) mass is 287 g/mol. The molecule has 1 aliphatic carbocycles. The summed E-state index contributed by atoms with van der Waals surface area (Å²) < 4.78 is 7.58. The van der Waals surface area contributed by atoms with E-state index in [1.807, 2.05) is 12.1 Å². The first-order chi connectivity index (χ1) is 10.1. The Bertz CT molecular complexity index is 639. The minimum Gasteiger partial charge on any atom is -0.497 e. The van der Waals surface area contributed by atoms with E-state index in [-0.39, 0.29) is 5.54 Å². The fraction of sp³-hybridized carbons (Fsp3) is 0.588. The number of rotatable bonds is 3. The molecule has 0 aliphatic heterocycles. The summed E-state index contributed by atoms with van der Waals surface area (Å²) in [7, 11) is 1.69. The zero-order valence-corrected chi connectivity index (χ0v) is 13.2. The lowest BCUT2D eigenvalue weighted by Gasteiger charge is -2.35. The lowest BCUT2D eigenvalue weighted by atomic mass is 9.77. The zero-order valence-electron chi connectivity index (χ0n) is 13.2. The lowest BCUT2D eigenvalue weighted by Crippen LogP contribution is -2.42. The number of imidazole rings is 1. The molecule has 21 heavy (non-hydrogen) atoms. The molecule has 1 heterocycles. The molecule has 2 aromatic rings. The molecule has 1 aromatic heterocycles. The van der Waals surface area contributed by atoms with Gasteiger partial charge < -0.3 is 15.0 Å². The van der Waals surface area contributed by atoms with Crippen LogP contribution >= 0.6 is 0 Å². The SMILES string of the molecule is CCn1c(C2(N)CCC(C)CC2)nc2cc(OC)ccc21. The van der Waals surface area contributed by atoms with Crippen molar-refractivity contribution in [1.29, 1.82) is 0 Å². The van der Waals surface area contributed by atoms with Gasteiger partial charge in [0.05, 0.1) is 23.7 Å². The van der Waals surface area contributed by atoms with Crippen LogP contribution in [0.5, 0.6) is 5.75 Å². The molecule has 0 saturated heterocycles. The number of aryl methyl sites for hydroxylation is 1. The number of nitrogens with two attached hydrogens (primary N) is 1. The molecular formula is C17H25N3O. The Morgan fingerprint density at radius 2 is 2.10 bits per heavy atom. The standard InChI is InChI=1S/C17H25N3O/c1-4-20-15-6-5-13(21-3)11-14(15)19-16(20)17(18)9-7-12(2)8-10-17/h5-6,11-12H,4,7-10,18H2,1-3H3. The minimum atomic E-state index is -0.283. The van der Waals surface area contributed by atoms with E-state index in [0.29, 0.717) is 0 Å². The number of hydrogen-bond acceptors (Lipinski definition) is 3. The zero-order chi connectivity index (χ0) is 15.0. The first-order valence-corrected chi connectivity index (χ1v) is 7.91. The summed E-state index contributed by atoms with van der Waals surface area (Å²) in [5.74, 6) is 2.67. The Hall–Kier alpha value is -1.55. The van der Waals surface area contributed by atoms with Crippen LogP contribution in [-0.4, -0.2) is 16.7 Å². The molecule has 1 fully saturated rings. The summed E-state index contributed by atoms with van der Waals surface area (Å²) in [6.07, 6.45) is 4.42. The van der Waals surface area contributed by atoms with Crippen molar-refractivity contribution in [3.63, 3.8) is 0 Å². The van der Waals surface area contributed by atoms with E-state index in [1.165, 1.54) is 12.8 Å². The third-order valence-corrected chi connectivity index (χ3v) is 4.88. The Balaban J connectivity index is 2.09. The van der Waals surface area contributed by atoms with E-state index < -0.39 is 0 Å². The molecular weight excluding hydrogens is 262 g/mol. The van der Waals surface area contributed by atoms with E-state index >= 15 is 0 Å². The van der Waals surface area contributed by atoms with Crippen molar-refractivity contribution in [3.8, 4) is 5.75 Å². The van der Waals surface area contributed by atoms with E-state index in [2.05, 4.69) is 24.5 Å². The van der Waals surface area contributed by atoms with Gasteiger partial charge in [-0.15, -0.1) is 0 Å². The van der Waals surface area contributed by atoms with Crippen molar-refractivity contribution < 1.29 is 4.74 Å². The molecule has 1 aliphatic rings. The van der Waals surface area contributed by atoms with E-state index in [9.17, 15) is 0 Å². The number of ether oxygens (including phenoxy) is 1. The van der Waals surface area contributed by atoms with Crippen LogP contribution in [0.15, 0.2) is 18.2 Å². The van der Waals surface area contributed by atoms with Crippen molar-refractivity contribution in [2.24, 2.45) is 11.7 Å². The molecule has 3 rings (SSSR count). The number of nitrogens with zero attached hydrogens (tertiary/aromatic N) is 2. The van der Waals surface area contributed by atoms with Crippen LogP contribution in [0.4, 0.5) is 0 Å². The van der Waals surface area contributed by atoms with Crippen molar-refractivity contribution in [2.45, 2.75) is 51.6 Å². The second-order valence-electron chi connectivity index (χ2n) is 6.37. The summed E-state index contributed by atoms with van der Waals surface area (Å²) >= 11 is 0. The maximum absolute atomic E-state index is 6.74. The molecule has 4 nitrogen and oxygen atoms in total. The number of hydrogen-bond donors (Lipinski definition) is 1. The third kappa shape index (κ3) is 2.42. The van der Waals surface area contributed by atoms with Crippen LogP contribution in [0, 0.1) is 5.92 Å². The van der Waals surface area contributed by atoms with Crippen LogP contribution in [0.1, 0.15) is 45.4 Å². The largest absolute Gasteiger partial charge is 0.497 e. The van der Waals surface area contributed by atoms with Gasteiger partial charge in [0.2, 0.25) is 0 Å². The predicted molar refractivity (Wildman–Crippen MR) is 85.5 cm³/mol. The summed E-state index contributed by atoms with van der Waals surface area (Å²) in [5, 5.41) is 0. The number of aromatic nitrogens is 2. The lowest BCUT2D eigenvalue weighted by molar-refractivity contribution is 0.232. The Kier molecular flexibility index (Phi) is 3.66. The highest BCUT2D eigenvalue weighted by Crippen LogP contribution is 2.38. The smallest absolute Gasteiger partial charge is 0.130 e. The molecule has 0 radical (unpaired) electrons. The molecule has 4 heteroatoms. The van der Waals surface area contributed by atoms with Gasteiger partial charge in [0, 0.05) is 12.6 Å². The van der Waals surface area contributed by atoms with Gasteiger partial charge in [-0.05, 0) is 50.7 Å². The van der Waals surface area contributed by atoms with Gasteiger partial charge in [-0.1, -0.05) is 6.92 Å². The molecule has 2 N–H and O–H groups in total. The molecule has 1 aromatic carbocycles. The maximum Gasteiger partial charge on any atom is 0.130 e. The highest BCUT2D eigenvalue weighted by atomic mass is 16.5. The van der Waals surface area contributed by atoms with Crippen molar-refractivity contribution in [1.82, 2.24) is 9.55 Å². The fourth-order valence-electron chi connectivity index (χ4n) is 3.44. The highest BCUT2D eigenvalue weighted by Gasteiger charge is 2.36. The van der Waals surface area contributed by atoms with Gasteiger partial charge in [0.25, 0.3) is 0 Å². The predicted octanol–water partition coefficient (Wildman–Crippen LogP) is 3.43. The van der Waals surface area contributed by atoms with Crippen molar-refractivity contribution in [2.75, 3.05) is 7.11 Å². The minimum absolute atomic E-state index is 0.283. The summed E-state index contributed by atoms with van der Waals surface area (Å²) in [5.41, 5.74) is 8.59. The normalized spacial score (nSPS) is 26.2. The Labute approximate surface area is 126 Å². The van der Waals surface area contributed by atoms with Crippen LogP contribution in [0.3, 0.4) is 0 Å². The van der Waals surface area contributed by atoms with Crippen LogP contribution in [0.2, 0.25) is 0 Å². The van der Waals surface area contributed by atoms with E-state index in [4.69, 9.17) is 15.5 Å². The van der Waals surface area contributed by atoms with Crippen LogP contribution in [0.25, 0.3) is 11.0 Å². The second kappa shape index (κ2) is 5.34. The fourth-order valence-corrected chi connectivity index (χ4v) is 3.44. The topological polar surface area (TPSA) is 53.1 Å². The molecule has 0 spiro atoms. The summed E-state index contributed by atoms with van der Waals surface area (Å²) in [6.45, 7) is 5.36. The summed E-state index contributed by atoms with van der Waals surface area (Å²) in [6, 6.07) is 6.08. The van der Waals surface area contributed by atoms with Crippen molar-refractivity contribution in [3.05, 3.63) is 24.0 Å². The van der Waals surface area contributed by atoms with Crippen LogP contribution in [-0.2, 0) is 12.1 Å². The average molecular weight is 287 g/mol. The van der Waals surface area contributed by atoms with Gasteiger partial charge in [-0.25, -0.2) is 4.98 Å². The quantitative estimate of drug-likeness (QED) is 0.941. The van der Waals surface area contributed by atoms with Crippen LogP contribution < -0.4 is 10.5 Å². The second-order valence-corrected chi connectivity index (χ2v) is 6.37. The molecule has 0 amide bonds. The first-order valence-electron chi connectivity index (χ1n) is 7.91. The van der Waals surface area contributed by atoms with E-state index in [1.54, 1.807) is 7.11 Å². The Morgan fingerprint density at radius 1 is 1.38 bits per heavy atom. The molecule has 0 bridgehead atoms.